The Bertz CT molecular complexity index is 704. The summed E-state index contributed by atoms with van der Waals surface area (Å²) in [5.74, 6) is -0.101. The van der Waals surface area contributed by atoms with Crippen LogP contribution in [0.2, 0.25) is 0 Å². The zero-order chi connectivity index (χ0) is 20.0. The second-order valence-electron chi connectivity index (χ2n) is 7.53. The SMILES string of the molecule is C=CCCCC(=O)N1CCC2(COC(CNC(=O)c3coc(OCC)n3)C2)C1. The first-order chi connectivity index (χ1) is 13.5. The molecule has 0 aliphatic carbocycles. The molecule has 8 heteroatoms. The lowest BCUT2D eigenvalue weighted by Crippen LogP contribution is -2.34. The predicted molar refractivity (Wildman–Crippen MR) is 102 cm³/mol. The number of aromatic nitrogens is 1. The lowest BCUT2D eigenvalue weighted by Gasteiger charge is -2.22. The number of unbranched alkanes of at least 4 members (excludes halogenated alkanes) is 1. The third-order valence-electron chi connectivity index (χ3n) is 5.35. The molecule has 0 aromatic carbocycles. The van der Waals surface area contributed by atoms with Crippen LogP contribution < -0.4 is 10.1 Å². The molecule has 2 unspecified atom stereocenters. The molecule has 2 amide bonds. The molecule has 0 bridgehead atoms. The Hall–Kier alpha value is -2.35. The Labute approximate surface area is 165 Å². The fourth-order valence-corrected chi connectivity index (χ4v) is 3.86. The smallest absolute Gasteiger partial charge is 0.394 e. The molecule has 28 heavy (non-hydrogen) atoms. The highest BCUT2D eigenvalue weighted by Gasteiger charge is 2.46. The number of hydrogen-bond donors (Lipinski definition) is 1. The van der Waals surface area contributed by atoms with Crippen LogP contribution in [0.1, 0.15) is 49.5 Å². The highest BCUT2D eigenvalue weighted by molar-refractivity contribution is 5.92. The van der Waals surface area contributed by atoms with Gasteiger partial charge in [-0.15, -0.1) is 6.58 Å². The number of likely N-dealkylation sites (tertiary alicyclic amines) is 1. The molecule has 0 saturated carbocycles. The third-order valence-corrected chi connectivity index (χ3v) is 5.35. The van der Waals surface area contributed by atoms with Gasteiger partial charge in [-0.05, 0) is 32.6 Å². The molecule has 2 fully saturated rings. The summed E-state index contributed by atoms with van der Waals surface area (Å²) in [4.78, 5) is 30.5. The van der Waals surface area contributed by atoms with Crippen LogP contribution in [0.15, 0.2) is 23.3 Å². The number of oxazole rings is 1. The number of carbonyl (C=O) groups excluding carboxylic acids is 2. The minimum absolute atomic E-state index is 0.0134. The quantitative estimate of drug-likeness (QED) is 0.512. The molecule has 1 aromatic heterocycles. The van der Waals surface area contributed by atoms with Crippen molar-refractivity contribution in [1.29, 1.82) is 0 Å². The zero-order valence-electron chi connectivity index (χ0n) is 16.4. The Morgan fingerprint density at radius 3 is 3.18 bits per heavy atom. The van der Waals surface area contributed by atoms with E-state index < -0.39 is 0 Å². The predicted octanol–water partition coefficient (Wildman–Crippen LogP) is 2.17. The van der Waals surface area contributed by atoms with E-state index in [9.17, 15) is 9.59 Å². The first-order valence-corrected chi connectivity index (χ1v) is 9.92. The Morgan fingerprint density at radius 2 is 2.39 bits per heavy atom. The van der Waals surface area contributed by atoms with E-state index >= 15 is 0 Å². The minimum atomic E-state index is -0.315. The van der Waals surface area contributed by atoms with Crippen LogP contribution in [0.5, 0.6) is 6.08 Å². The van der Waals surface area contributed by atoms with Gasteiger partial charge in [0.05, 0.1) is 19.3 Å². The van der Waals surface area contributed by atoms with Gasteiger partial charge in [-0.1, -0.05) is 6.08 Å². The summed E-state index contributed by atoms with van der Waals surface area (Å²) in [6.45, 7) is 8.50. The molecule has 1 spiro atoms. The lowest BCUT2D eigenvalue weighted by atomic mass is 9.84. The van der Waals surface area contributed by atoms with E-state index in [2.05, 4.69) is 16.9 Å². The number of rotatable bonds is 9. The van der Waals surface area contributed by atoms with Gasteiger partial charge in [0.2, 0.25) is 5.91 Å². The summed E-state index contributed by atoms with van der Waals surface area (Å²) in [5.41, 5.74) is 0.202. The fourth-order valence-electron chi connectivity index (χ4n) is 3.86. The van der Waals surface area contributed by atoms with Crippen molar-refractivity contribution in [2.75, 3.05) is 32.8 Å². The van der Waals surface area contributed by atoms with Gasteiger partial charge in [0.1, 0.15) is 6.26 Å². The van der Waals surface area contributed by atoms with E-state index in [4.69, 9.17) is 13.9 Å². The van der Waals surface area contributed by atoms with E-state index in [1.165, 1.54) is 6.26 Å². The lowest BCUT2D eigenvalue weighted by molar-refractivity contribution is -0.130. The number of hydrogen-bond acceptors (Lipinski definition) is 6. The van der Waals surface area contributed by atoms with E-state index in [1.807, 2.05) is 17.9 Å². The number of nitrogens with one attached hydrogen (secondary N) is 1. The number of amides is 2. The zero-order valence-corrected chi connectivity index (χ0v) is 16.4. The highest BCUT2D eigenvalue weighted by Crippen LogP contribution is 2.41. The van der Waals surface area contributed by atoms with Gasteiger partial charge < -0.3 is 24.1 Å². The molecule has 2 aliphatic heterocycles. The van der Waals surface area contributed by atoms with Crippen molar-refractivity contribution in [2.45, 2.75) is 45.1 Å². The van der Waals surface area contributed by atoms with Gasteiger partial charge >= 0.3 is 6.08 Å². The molecule has 1 N–H and O–H groups in total. The third kappa shape index (κ3) is 4.92. The average Bonchev–Trinajstić information content (AvgIpc) is 3.41. The fraction of sp³-hybridized carbons (Fsp3) is 0.650. The first kappa shape index (κ1) is 20.4. The van der Waals surface area contributed by atoms with Crippen LogP contribution >= 0.6 is 0 Å². The molecule has 2 saturated heterocycles. The molecule has 3 rings (SSSR count). The topological polar surface area (TPSA) is 93.9 Å². The average molecular weight is 391 g/mol. The maximum Gasteiger partial charge on any atom is 0.394 e. The van der Waals surface area contributed by atoms with Crippen molar-refractivity contribution in [3.63, 3.8) is 0 Å². The largest absolute Gasteiger partial charge is 0.450 e. The van der Waals surface area contributed by atoms with Gasteiger partial charge in [0, 0.05) is 31.5 Å². The van der Waals surface area contributed by atoms with Crippen LogP contribution in [-0.4, -0.2) is 60.7 Å². The summed E-state index contributed by atoms with van der Waals surface area (Å²) in [7, 11) is 0. The number of nitrogens with zero attached hydrogens (tertiary/aromatic N) is 2. The molecule has 2 aliphatic rings. The van der Waals surface area contributed by atoms with Crippen LogP contribution in [-0.2, 0) is 9.53 Å². The highest BCUT2D eigenvalue weighted by atomic mass is 16.6. The standard InChI is InChI=1S/C20H29N3O5/c1-3-5-6-7-17(24)23-9-8-20(13-23)10-15(28-14-20)11-21-18(25)16-12-27-19(22-16)26-4-2/h3,12,15H,1,4-11,13-14H2,2H3,(H,21,25). The molecule has 8 nitrogen and oxygen atoms in total. The van der Waals surface area contributed by atoms with E-state index in [-0.39, 0.29) is 35.1 Å². The van der Waals surface area contributed by atoms with Crippen LogP contribution in [0.3, 0.4) is 0 Å². The van der Waals surface area contributed by atoms with E-state index in [0.717, 1.165) is 38.8 Å². The molecule has 154 valence electrons. The normalized spacial score (nSPS) is 23.9. The Morgan fingerprint density at radius 1 is 1.54 bits per heavy atom. The molecule has 2 atom stereocenters. The minimum Gasteiger partial charge on any atom is -0.450 e. The molecular weight excluding hydrogens is 362 g/mol. The summed E-state index contributed by atoms with van der Waals surface area (Å²) in [6.07, 6.45) is 7.24. The Kier molecular flexibility index (Phi) is 6.72. The number of allylic oxidation sites excluding steroid dienone is 1. The second kappa shape index (κ2) is 9.23. The van der Waals surface area contributed by atoms with Crippen molar-refractivity contribution in [1.82, 2.24) is 15.2 Å². The van der Waals surface area contributed by atoms with Crippen LogP contribution in [0.25, 0.3) is 0 Å². The summed E-state index contributed by atoms with van der Waals surface area (Å²) in [6, 6.07) is 0. The molecule has 1 aromatic rings. The van der Waals surface area contributed by atoms with Gasteiger partial charge in [-0.2, -0.15) is 4.98 Å². The van der Waals surface area contributed by atoms with Crippen molar-refractivity contribution < 1.29 is 23.5 Å². The first-order valence-electron chi connectivity index (χ1n) is 9.92. The summed E-state index contributed by atoms with van der Waals surface area (Å²) in [5, 5.41) is 2.84. The van der Waals surface area contributed by atoms with Gasteiger partial charge in [0.25, 0.3) is 5.91 Å². The summed E-state index contributed by atoms with van der Waals surface area (Å²) >= 11 is 0. The van der Waals surface area contributed by atoms with Crippen molar-refractivity contribution in [3.05, 3.63) is 24.6 Å². The molecule has 3 heterocycles. The van der Waals surface area contributed by atoms with Crippen LogP contribution in [0, 0.1) is 5.41 Å². The maximum absolute atomic E-state index is 12.3. The summed E-state index contributed by atoms with van der Waals surface area (Å²) < 4.78 is 16.1. The Balaban J connectivity index is 1.43. The van der Waals surface area contributed by atoms with E-state index in [1.54, 1.807) is 0 Å². The number of ether oxygens (including phenoxy) is 2. The second-order valence-corrected chi connectivity index (χ2v) is 7.53. The van der Waals surface area contributed by atoms with Gasteiger partial charge in [-0.3, -0.25) is 9.59 Å². The van der Waals surface area contributed by atoms with Crippen LogP contribution in [0.4, 0.5) is 0 Å². The van der Waals surface area contributed by atoms with E-state index in [0.29, 0.717) is 26.2 Å². The van der Waals surface area contributed by atoms with Crippen molar-refractivity contribution >= 4 is 11.8 Å². The van der Waals surface area contributed by atoms with Gasteiger partial charge in [-0.25, -0.2) is 0 Å². The molecular formula is C20H29N3O5. The monoisotopic (exact) mass is 391 g/mol. The van der Waals surface area contributed by atoms with Crippen molar-refractivity contribution in [3.8, 4) is 6.08 Å². The maximum atomic E-state index is 12.3. The molecule has 0 radical (unpaired) electrons. The van der Waals surface area contributed by atoms with Gasteiger partial charge in [0.15, 0.2) is 5.69 Å². The number of carbonyl (C=O) groups is 2. The van der Waals surface area contributed by atoms with Crippen molar-refractivity contribution in [2.24, 2.45) is 5.41 Å².